The number of amides is 3. The minimum absolute atomic E-state index is 0.120. The van der Waals surface area contributed by atoms with Gasteiger partial charge in [-0.05, 0) is 44.6 Å². The lowest BCUT2D eigenvalue weighted by atomic mass is 10.1. The zero-order valence-corrected chi connectivity index (χ0v) is 20.1. The molecule has 11 N–H and O–H groups in total. The third-order valence-electron chi connectivity index (χ3n) is 4.50. The first-order valence-electron chi connectivity index (χ1n) is 10.5. The molecule has 15 heteroatoms. The van der Waals surface area contributed by atoms with Gasteiger partial charge in [0, 0.05) is 13.0 Å². The summed E-state index contributed by atoms with van der Waals surface area (Å²) in [4.78, 5) is 63.7. The van der Waals surface area contributed by atoms with E-state index in [0.29, 0.717) is 12.2 Å². The van der Waals surface area contributed by atoms with Crippen LogP contribution in [0.4, 0.5) is 0 Å². The van der Waals surface area contributed by atoms with Gasteiger partial charge in [-0.3, -0.25) is 24.2 Å². The first-order chi connectivity index (χ1) is 15.9. The summed E-state index contributed by atoms with van der Waals surface area (Å²) in [5.41, 5.74) is 16.1. The molecular formula is C19H35N7O7S. The van der Waals surface area contributed by atoms with Crippen molar-refractivity contribution in [3.63, 3.8) is 0 Å². The molecule has 0 aliphatic carbocycles. The van der Waals surface area contributed by atoms with Crippen molar-refractivity contribution in [3.8, 4) is 0 Å². The number of nitrogens with zero attached hydrogens (tertiary/aromatic N) is 1. The van der Waals surface area contributed by atoms with Crippen LogP contribution in [0.3, 0.4) is 0 Å². The lowest BCUT2D eigenvalue weighted by molar-refractivity contribution is -0.143. The highest BCUT2D eigenvalue weighted by molar-refractivity contribution is 7.98. The van der Waals surface area contributed by atoms with Crippen molar-refractivity contribution in [3.05, 3.63) is 0 Å². The number of hydrogen-bond donors (Lipinski definition) is 8. The molecule has 0 saturated heterocycles. The summed E-state index contributed by atoms with van der Waals surface area (Å²) in [6, 6.07) is -4.47. The Kier molecular flexibility index (Phi) is 15.0. The van der Waals surface area contributed by atoms with Crippen molar-refractivity contribution in [2.24, 2.45) is 22.2 Å². The number of hydrogen-bond acceptors (Lipinski definition) is 8. The third-order valence-corrected chi connectivity index (χ3v) is 5.14. The fourth-order valence-electron chi connectivity index (χ4n) is 2.65. The first-order valence-corrected chi connectivity index (χ1v) is 11.9. The van der Waals surface area contributed by atoms with Gasteiger partial charge in [-0.2, -0.15) is 11.8 Å². The number of rotatable bonds is 17. The first kappa shape index (κ1) is 30.9. The topological polar surface area (TPSA) is 252 Å². The number of carboxylic acid groups (broad SMARTS) is 2. The van der Waals surface area contributed by atoms with E-state index in [0.717, 1.165) is 0 Å². The van der Waals surface area contributed by atoms with Crippen LogP contribution in [0, 0.1) is 0 Å². The zero-order valence-electron chi connectivity index (χ0n) is 19.3. The maximum absolute atomic E-state index is 12.9. The Morgan fingerprint density at radius 2 is 1.41 bits per heavy atom. The molecule has 0 spiro atoms. The largest absolute Gasteiger partial charge is 0.481 e. The summed E-state index contributed by atoms with van der Waals surface area (Å²) in [6.07, 6.45) is 1.67. The summed E-state index contributed by atoms with van der Waals surface area (Å²) >= 11 is 1.41. The van der Waals surface area contributed by atoms with E-state index in [9.17, 15) is 29.1 Å². The monoisotopic (exact) mass is 505 g/mol. The number of carbonyl (C=O) groups is 5. The molecule has 4 atom stereocenters. The Bertz CT molecular complexity index is 745. The Labute approximate surface area is 201 Å². The highest BCUT2D eigenvalue weighted by Crippen LogP contribution is 2.06. The molecule has 0 heterocycles. The summed E-state index contributed by atoms with van der Waals surface area (Å²) in [7, 11) is 0. The molecule has 34 heavy (non-hydrogen) atoms. The van der Waals surface area contributed by atoms with E-state index in [1.807, 2.05) is 0 Å². The zero-order chi connectivity index (χ0) is 26.3. The number of aliphatic carboxylic acids is 2. The van der Waals surface area contributed by atoms with Gasteiger partial charge in [0.1, 0.15) is 18.1 Å². The number of carboxylic acids is 2. The molecular weight excluding hydrogens is 470 g/mol. The van der Waals surface area contributed by atoms with Crippen LogP contribution in [0.5, 0.6) is 0 Å². The average Bonchev–Trinajstić information content (AvgIpc) is 2.74. The summed E-state index contributed by atoms with van der Waals surface area (Å²) in [5, 5.41) is 25.4. The number of thioether (sulfide) groups is 1. The number of nitrogens with two attached hydrogens (primary N) is 3. The van der Waals surface area contributed by atoms with Crippen molar-refractivity contribution in [2.75, 3.05) is 18.6 Å². The maximum atomic E-state index is 12.9. The highest BCUT2D eigenvalue weighted by Gasteiger charge is 2.29. The molecule has 0 aromatic carbocycles. The van der Waals surface area contributed by atoms with Gasteiger partial charge < -0.3 is 43.4 Å². The quantitative estimate of drug-likeness (QED) is 0.0584. The Morgan fingerprint density at radius 3 is 1.88 bits per heavy atom. The molecule has 0 rings (SSSR count). The van der Waals surface area contributed by atoms with Crippen molar-refractivity contribution in [2.45, 2.75) is 63.2 Å². The van der Waals surface area contributed by atoms with Crippen molar-refractivity contribution in [1.29, 1.82) is 0 Å². The van der Waals surface area contributed by atoms with Crippen molar-refractivity contribution < 1.29 is 34.2 Å². The van der Waals surface area contributed by atoms with Crippen molar-refractivity contribution >= 4 is 47.4 Å². The highest BCUT2D eigenvalue weighted by atomic mass is 32.2. The smallest absolute Gasteiger partial charge is 0.326 e. The van der Waals surface area contributed by atoms with Crippen LogP contribution in [0.1, 0.15) is 39.0 Å². The maximum Gasteiger partial charge on any atom is 0.326 e. The molecule has 194 valence electrons. The fraction of sp³-hybridized carbons (Fsp3) is 0.684. The summed E-state index contributed by atoms with van der Waals surface area (Å²) in [6.45, 7) is 1.65. The molecule has 14 nitrogen and oxygen atoms in total. The average molecular weight is 506 g/mol. The molecule has 0 radical (unpaired) electrons. The molecule has 0 aliphatic heterocycles. The Morgan fingerprint density at radius 1 is 0.882 bits per heavy atom. The van der Waals surface area contributed by atoms with E-state index in [1.165, 1.54) is 18.7 Å². The van der Waals surface area contributed by atoms with Crippen LogP contribution >= 0.6 is 11.8 Å². The predicted molar refractivity (Wildman–Crippen MR) is 127 cm³/mol. The molecule has 0 saturated carbocycles. The van der Waals surface area contributed by atoms with Crippen LogP contribution in [0.2, 0.25) is 0 Å². The second kappa shape index (κ2) is 16.5. The number of carbonyl (C=O) groups excluding carboxylic acids is 3. The van der Waals surface area contributed by atoms with Gasteiger partial charge in [0.2, 0.25) is 17.7 Å². The van der Waals surface area contributed by atoms with E-state index >= 15 is 0 Å². The minimum atomic E-state index is -1.44. The van der Waals surface area contributed by atoms with Gasteiger partial charge in [-0.25, -0.2) is 4.79 Å². The number of aliphatic imine (C=N–C) groups is 1. The van der Waals surface area contributed by atoms with E-state index in [-0.39, 0.29) is 31.8 Å². The van der Waals surface area contributed by atoms with Crippen LogP contribution in [-0.2, 0) is 24.0 Å². The van der Waals surface area contributed by atoms with E-state index in [4.69, 9.17) is 22.3 Å². The van der Waals surface area contributed by atoms with Gasteiger partial charge in [-0.1, -0.05) is 0 Å². The normalized spacial score (nSPS) is 14.1. The standard InChI is InChI=1S/C19H35N7O7S/c1-10(20)15(29)24-11(4-3-8-23-19(21)22)16(30)25-12(7-9-34-2)17(31)26-13(18(32)33)5-6-14(27)28/h10-13H,3-9,20H2,1-2H3,(H,24,29)(H,25,30)(H,26,31)(H,27,28)(H,32,33)(H4,21,22,23). The van der Waals surface area contributed by atoms with E-state index < -0.39 is 60.2 Å². The number of guanidine groups is 1. The van der Waals surface area contributed by atoms with Gasteiger partial charge in [0.15, 0.2) is 5.96 Å². The van der Waals surface area contributed by atoms with Gasteiger partial charge >= 0.3 is 11.9 Å². The van der Waals surface area contributed by atoms with E-state index in [1.54, 1.807) is 6.26 Å². The van der Waals surface area contributed by atoms with Gasteiger partial charge in [0.25, 0.3) is 0 Å². The van der Waals surface area contributed by atoms with Crippen LogP contribution in [0.25, 0.3) is 0 Å². The number of nitrogens with one attached hydrogen (secondary N) is 3. The molecule has 0 bridgehead atoms. The van der Waals surface area contributed by atoms with Gasteiger partial charge in [0.05, 0.1) is 6.04 Å². The molecule has 0 aromatic heterocycles. The molecule has 0 aromatic rings. The SMILES string of the molecule is CSCCC(NC(=O)C(CCCN=C(N)N)NC(=O)C(C)N)C(=O)NC(CCC(=O)O)C(=O)O. The summed E-state index contributed by atoms with van der Waals surface area (Å²) < 4.78 is 0. The van der Waals surface area contributed by atoms with Crippen LogP contribution < -0.4 is 33.2 Å². The van der Waals surface area contributed by atoms with Crippen LogP contribution in [0.15, 0.2) is 4.99 Å². The van der Waals surface area contributed by atoms with Crippen molar-refractivity contribution in [1.82, 2.24) is 16.0 Å². The lowest BCUT2D eigenvalue weighted by Gasteiger charge is -2.24. The molecule has 0 aliphatic rings. The molecule has 0 fully saturated rings. The molecule has 3 amide bonds. The lowest BCUT2D eigenvalue weighted by Crippen LogP contribution is -2.57. The second-order valence-corrected chi connectivity index (χ2v) is 8.46. The fourth-order valence-corrected chi connectivity index (χ4v) is 3.12. The minimum Gasteiger partial charge on any atom is -0.481 e. The second-order valence-electron chi connectivity index (χ2n) is 7.47. The Hall–Kier alpha value is -3.07. The van der Waals surface area contributed by atoms with Gasteiger partial charge in [-0.15, -0.1) is 0 Å². The summed E-state index contributed by atoms with van der Waals surface area (Å²) in [5.74, 6) is -4.29. The molecule has 4 unspecified atom stereocenters. The Balaban J connectivity index is 5.43. The predicted octanol–water partition coefficient (Wildman–Crippen LogP) is -2.46. The van der Waals surface area contributed by atoms with E-state index in [2.05, 4.69) is 20.9 Å². The van der Waals surface area contributed by atoms with Crippen LogP contribution in [-0.4, -0.2) is 88.6 Å². The third kappa shape index (κ3) is 13.5.